The number of halogens is 2. The minimum atomic E-state index is -0.0196. The molecule has 3 aromatic rings. The van der Waals surface area contributed by atoms with Crippen LogP contribution in [0.4, 0.5) is 0 Å². The number of nitrogens with zero attached hydrogens (tertiary/aromatic N) is 5. The summed E-state index contributed by atoms with van der Waals surface area (Å²) in [6.45, 7) is 5.95. The number of aromatic nitrogens is 4. The molecule has 1 saturated heterocycles. The number of nitrogens with one attached hydrogen (secondary N) is 1. The van der Waals surface area contributed by atoms with E-state index in [1.165, 1.54) is 0 Å². The molecule has 1 aliphatic rings. The third-order valence-electron chi connectivity index (χ3n) is 5.92. The minimum Gasteiger partial charge on any atom is -0.356 e. The molecule has 1 aromatic carbocycles. The first-order chi connectivity index (χ1) is 15.8. The zero-order valence-electron chi connectivity index (χ0n) is 18.7. The van der Waals surface area contributed by atoms with Gasteiger partial charge in [0.15, 0.2) is 5.82 Å². The minimum absolute atomic E-state index is 0.0196. The second-order valence-electron chi connectivity index (χ2n) is 8.22. The molecule has 8 nitrogen and oxygen atoms in total. The topological polar surface area (TPSA) is 92.5 Å². The summed E-state index contributed by atoms with van der Waals surface area (Å²) in [6, 6.07) is 5.18. The maximum absolute atomic E-state index is 12.3. The summed E-state index contributed by atoms with van der Waals surface area (Å²) in [5.41, 5.74) is 3.36. The smallest absolute Gasteiger partial charge is 0.253 e. The molecular weight excluding hydrogens is 463 g/mol. The molecule has 0 atom stereocenters. The van der Waals surface area contributed by atoms with E-state index in [2.05, 4.69) is 20.4 Å². The van der Waals surface area contributed by atoms with Crippen LogP contribution in [0.15, 0.2) is 18.2 Å². The number of hydrogen-bond donors (Lipinski definition) is 1. The third-order valence-corrected chi connectivity index (χ3v) is 6.47. The van der Waals surface area contributed by atoms with Crippen molar-refractivity contribution in [2.45, 2.75) is 46.0 Å². The third kappa shape index (κ3) is 5.28. The van der Waals surface area contributed by atoms with Gasteiger partial charge in [-0.25, -0.2) is 9.50 Å². The van der Waals surface area contributed by atoms with Gasteiger partial charge in [-0.3, -0.25) is 9.59 Å². The van der Waals surface area contributed by atoms with Crippen molar-refractivity contribution in [1.29, 1.82) is 0 Å². The molecule has 0 bridgehead atoms. The quantitative estimate of drug-likeness (QED) is 0.487. The Hall–Kier alpha value is -2.71. The van der Waals surface area contributed by atoms with Gasteiger partial charge in [0.2, 0.25) is 11.8 Å². The second-order valence-corrected chi connectivity index (χ2v) is 9.06. The summed E-state index contributed by atoms with van der Waals surface area (Å²) in [5, 5.41) is 8.55. The highest BCUT2D eigenvalue weighted by atomic mass is 35.5. The van der Waals surface area contributed by atoms with E-state index in [0.29, 0.717) is 59.6 Å². The zero-order valence-corrected chi connectivity index (χ0v) is 20.2. The Balaban J connectivity index is 1.39. The standard InChI is InChI=1S/C23H26Cl2N6O2/c1-14-17(8-9-20(32)26-10-4-12-30-11-3-5-21(30)33)15(2)31-23(27-14)28-22(29-31)18-7-6-16(24)13-19(18)25/h6-7,13H,3-5,8-12H2,1-2H3,(H,26,32). The number of benzene rings is 1. The summed E-state index contributed by atoms with van der Waals surface area (Å²) in [4.78, 5) is 35.0. The number of carbonyl (C=O) groups is 2. The summed E-state index contributed by atoms with van der Waals surface area (Å²) in [6.07, 6.45) is 3.24. The number of rotatable bonds is 8. The van der Waals surface area contributed by atoms with Crippen molar-refractivity contribution >= 4 is 40.8 Å². The van der Waals surface area contributed by atoms with Crippen LogP contribution in [0.5, 0.6) is 0 Å². The summed E-state index contributed by atoms with van der Waals surface area (Å²) in [7, 11) is 0. The largest absolute Gasteiger partial charge is 0.356 e. The van der Waals surface area contributed by atoms with E-state index in [4.69, 9.17) is 23.2 Å². The van der Waals surface area contributed by atoms with Crippen LogP contribution in [0.1, 0.15) is 42.6 Å². The lowest BCUT2D eigenvalue weighted by Gasteiger charge is -2.15. The van der Waals surface area contributed by atoms with Gasteiger partial charge < -0.3 is 10.2 Å². The van der Waals surface area contributed by atoms with Gasteiger partial charge in [-0.2, -0.15) is 4.98 Å². The van der Waals surface area contributed by atoms with Crippen molar-refractivity contribution in [2.75, 3.05) is 19.6 Å². The molecule has 1 fully saturated rings. The highest BCUT2D eigenvalue weighted by Crippen LogP contribution is 2.29. The van der Waals surface area contributed by atoms with Gasteiger partial charge in [0.1, 0.15) is 0 Å². The van der Waals surface area contributed by atoms with E-state index < -0.39 is 0 Å². The Bertz CT molecular complexity index is 1210. The molecule has 174 valence electrons. The van der Waals surface area contributed by atoms with Crippen LogP contribution in [0.2, 0.25) is 10.0 Å². The first kappa shape index (κ1) is 23.4. The van der Waals surface area contributed by atoms with Crippen molar-refractivity contribution in [3.05, 3.63) is 45.2 Å². The molecule has 1 N–H and O–H groups in total. The Morgan fingerprint density at radius 1 is 1.21 bits per heavy atom. The van der Waals surface area contributed by atoms with E-state index in [1.54, 1.807) is 22.7 Å². The molecule has 0 unspecified atom stereocenters. The molecule has 10 heteroatoms. The van der Waals surface area contributed by atoms with Crippen molar-refractivity contribution in [3.63, 3.8) is 0 Å². The predicted molar refractivity (Wildman–Crippen MR) is 127 cm³/mol. The fourth-order valence-electron chi connectivity index (χ4n) is 4.12. The average molecular weight is 489 g/mol. The van der Waals surface area contributed by atoms with E-state index >= 15 is 0 Å². The molecule has 2 amide bonds. The summed E-state index contributed by atoms with van der Waals surface area (Å²) < 4.78 is 1.69. The van der Waals surface area contributed by atoms with Crippen molar-refractivity contribution in [1.82, 2.24) is 29.8 Å². The van der Waals surface area contributed by atoms with Crippen LogP contribution in [0, 0.1) is 13.8 Å². The fraction of sp³-hybridized carbons (Fsp3) is 0.435. The van der Waals surface area contributed by atoms with E-state index in [0.717, 1.165) is 36.3 Å². The summed E-state index contributed by atoms with van der Waals surface area (Å²) in [5.74, 6) is 1.15. The molecule has 4 rings (SSSR count). The van der Waals surface area contributed by atoms with Gasteiger partial charge in [-0.1, -0.05) is 23.2 Å². The predicted octanol–water partition coefficient (Wildman–Crippen LogP) is 3.78. The van der Waals surface area contributed by atoms with Crippen LogP contribution in [0.3, 0.4) is 0 Å². The molecular formula is C23H26Cl2N6O2. The molecule has 0 saturated carbocycles. The van der Waals surface area contributed by atoms with Crippen LogP contribution in [0.25, 0.3) is 17.2 Å². The lowest BCUT2D eigenvalue weighted by atomic mass is 10.1. The SMILES string of the molecule is Cc1nc2nc(-c3ccc(Cl)cc3Cl)nn2c(C)c1CCC(=O)NCCCN1CCCC1=O. The molecule has 2 aromatic heterocycles. The molecule has 3 heterocycles. The Labute approximate surface area is 202 Å². The normalized spacial score (nSPS) is 13.8. The Kier molecular flexibility index (Phi) is 7.14. The highest BCUT2D eigenvalue weighted by molar-refractivity contribution is 6.36. The lowest BCUT2D eigenvalue weighted by molar-refractivity contribution is -0.127. The zero-order chi connectivity index (χ0) is 23.5. The van der Waals surface area contributed by atoms with Gasteiger partial charge >= 0.3 is 0 Å². The summed E-state index contributed by atoms with van der Waals surface area (Å²) >= 11 is 12.3. The lowest BCUT2D eigenvalue weighted by Crippen LogP contribution is -2.30. The number of amides is 2. The van der Waals surface area contributed by atoms with Crippen LogP contribution < -0.4 is 5.32 Å². The molecule has 0 aliphatic carbocycles. The number of fused-ring (bicyclic) bond motifs is 1. The fourth-order valence-corrected chi connectivity index (χ4v) is 4.61. The number of aryl methyl sites for hydroxylation is 2. The maximum Gasteiger partial charge on any atom is 0.253 e. The van der Waals surface area contributed by atoms with Gasteiger partial charge in [0.25, 0.3) is 5.78 Å². The van der Waals surface area contributed by atoms with Crippen LogP contribution in [-0.2, 0) is 16.0 Å². The van der Waals surface area contributed by atoms with Crippen molar-refractivity contribution in [2.24, 2.45) is 0 Å². The van der Waals surface area contributed by atoms with Gasteiger partial charge in [-0.15, -0.1) is 5.10 Å². The first-order valence-corrected chi connectivity index (χ1v) is 11.8. The highest BCUT2D eigenvalue weighted by Gasteiger charge is 2.19. The van der Waals surface area contributed by atoms with E-state index in [-0.39, 0.29) is 11.8 Å². The van der Waals surface area contributed by atoms with Gasteiger partial charge in [-0.05, 0) is 56.9 Å². The Morgan fingerprint density at radius 3 is 2.76 bits per heavy atom. The molecule has 1 aliphatic heterocycles. The molecule has 0 spiro atoms. The van der Waals surface area contributed by atoms with Gasteiger partial charge in [0, 0.05) is 54.4 Å². The maximum atomic E-state index is 12.3. The Morgan fingerprint density at radius 2 is 2.03 bits per heavy atom. The van der Waals surface area contributed by atoms with Crippen molar-refractivity contribution < 1.29 is 9.59 Å². The van der Waals surface area contributed by atoms with Crippen LogP contribution >= 0.6 is 23.2 Å². The van der Waals surface area contributed by atoms with Crippen LogP contribution in [-0.4, -0.2) is 55.9 Å². The first-order valence-electron chi connectivity index (χ1n) is 11.1. The monoisotopic (exact) mass is 488 g/mol. The van der Waals surface area contributed by atoms with Gasteiger partial charge in [0.05, 0.1) is 5.02 Å². The van der Waals surface area contributed by atoms with E-state index in [1.807, 2.05) is 18.7 Å². The average Bonchev–Trinajstić information content (AvgIpc) is 3.37. The number of likely N-dealkylation sites (tertiary alicyclic amines) is 1. The number of carbonyl (C=O) groups excluding carboxylic acids is 2. The molecule has 0 radical (unpaired) electrons. The van der Waals surface area contributed by atoms with E-state index in [9.17, 15) is 9.59 Å². The molecule has 33 heavy (non-hydrogen) atoms. The number of hydrogen-bond acceptors (Lipinski definition) is 5. The van der Waals surface area contributed by atoms with Crippen molar-refractivity contribution in [3.8, 4) is 11.4 Å². The second kappa shape index (κ2) is 10.1.